The van der Waals surface area contributed by atoms with Crippen LogP contribution in [0.4, 0.5) is 0 Å². The molecule has 1 aromatic rings. The van der Waals surface area contributed by atoms with Gasteiger partial charge in [0.15, 0.2) is 5.78 Å². The van der Waals surface area contributed by atoms with Gasteiger partial charge in [-0.15, -0.1) is 0 Å². The third kappa shape index (κ3) is 5.37. The molecule has 1 unspecified atom stereocenters. The summed E-state index contributed by atoms with van der Waals surface area (Å²) in [5.74, 6) is 0.103. The molecule has 0 bridgehead atoms. The highest BCUT2D eigenvalue weighted by Crippen LogP contribution is 2.17. The van der Waals surface area contributed by atoms with E-state index in [9.17, 15) is 9.59 Å². The summed E-state index contributed by atoms with van der Waals surface area (Å²) in [5.41, 5.74) is 0.638. The fourth-order valence-corrected chi connectivity index (χ4v) is 2.26. The van der Waals surface area contributed by atoms with Crippen LogP contribution in [0.1, 0.15) is 62.7 Å². The second-order valence-electron chi connectivity index (χ2n) is 5.03. The van der Waals surface area contributed by atoms with Crippen molar-refractivity contribution in [3.8, 4) is 0 Å². The SMILES string of the molecule is CCCCCC(CC)C(=O)CC(=O)c1ccccc1. The predicted octanol–water partition coefficient (Wildman–Crippen LogP) is 4.44. The molecular weight excluding hydrogens is 236 g/mol. The first-order valence-electron chi connectivity index (χ1n) is 7.30. The lowest BCUT2D eigenvalue weighted by atomic mass is 9.90. The quantitative estimate of drug-likeness (QED) is 0.374. The Morgan fingerprint density at radius 2 is 1.74 bits per heavy atom. The second kappa shape index (κ2) is 8.63. The second-order valence-corrected chi connectivity index (χ2v) is 5.03. The molecule has 1 aromatic carbocycles. The predicted molar refractivity (Wildman–Crippen MR) is 78.3 cm³/mol. The first-order chi connectivity index (χ1) is 9.19. The van der Waals surface area contributed by atoms with Crippen molar-refractivity contribution in [1.29, 1.82) is 0 Å². The monoisotopic (exact) mass is 260 g/mol. The van der Waals surface area contributed by atoms with Crippen molar-refractivity contribution in [2.24, 2.45) is 5.92 Å². The Hall–Kier alpha value is -1.44. The van der Waals surface area contributed by atoms with E-state index in [0.717, 1.165) is 32.1 Å². The highest BCUT2D eigenvalue weighted by atomic mass is 16.1. The van der Waals surface area contributed by atoms with Crippen molar-refractivity contribution in [1.82, 2.24) is 0 Å². The van der Waals surface area contributed by atoms with E-state index in [1.54, 1.807) is 12.1 Å². The number of hydrogen-bond acceptors (Lipinski definition) is 2. The molecule has 0 aliphatic heterocycles. The van der Waals surface area contributed by atoms with E-state index in [1.165, 1.54) is 0 Å². The summed E-state index contributed by atoms with van der Waals surface area (Å²) < 4.78 is 0. The van der Waals surface area contributed by atoms with Gasteiger partial charge in [-0.3, -0.25) is 9.59 Å². The molecule has 1 rings (SSSR count). The van der Waals surface area contributed by atoms with Crippen LogP contribution in [0.2, 0.25) is 0 Å². The van der Waals surface area contributed by atoms with Crippen molar-refractivity contribution in [3.05, 3.63) is 35.9 Å². The maximum atomic E-state index is 12.1. The van der Waals surface area contributed by atoms with Crippen molar-refractivity contribution in [2.45, 2.75) is 52.4 Å². The maximum Gasteiger partial charge on any atom is 0.170 e. The van der Waals surface area contributed by atoms with Gasteiger partial charge in [-0.1, -0.05) is 63.4 Å². The van der Waals surface area contributed by atoms with Gasteiger partial charge in [0.1, 0.15) is 5.78 Å². The first kappa shape index (κ1) is 15.6. The van der Waals surface area contributed by atoms with E-state index >= 15 is 0 Å². The van der Waals surface area contributed by atoms with Crippen molar-refractivity contribution < 1.29 is 9.59 Å². The lowest BCUT2D eigenvalue weighted by Crippen LogP contribution is -2.18. The van der Waals surface area contributed by atoms with Crippen molar-refractivity contribution >= 4 is 11.6 Å². The highest BCUT2D eigenvalue weighted by Gasteiger charge is 2.19. The molecule has 2 heteroatoms. The minimum atomic E-state index is -0.0560. The van der Waals surface area contributed by atoms with E-state index in [0.29, 0.717) is 5.56 Å². The van der Waals surface area contributed by atoms with E-state index < -0.39 is 0 Å². The molecule has 19 heavy (non-hydrogen) atoms. The minimum absolute atomic E-state index is 0.0502. The van der Waals surface area contributed by atoms with Gasteiger partial charge in [0.2, 0.25) is 0 Å². The van der Waals surface area contributed by atoms with Crippen LogP contribution in [0.3, 0.4) is 0 Å². The molecule has 0 aliphatic rings. The van der Waals surface area contributed by atoms with E-state index in [4.69, 9.17) is 0 Å². The maximum absolute atomic E-state index is 12.1. The smallest absolute Gasteiger partial charge is 0.170 e. The molecule has 104 valence electrons. The zero-order valence-electron chi connectivity index (χ0n) is 12.0. The Bertz CT molecular complexity index is 395. The van der Waals surface area contributed by atoms with Gasteiger partial charge in [-0.2, -0.15) is 0 Å². The molecule has 0 heterocycles. The number of Topliss-reactive ketones (excluding diaryl/α,β-unsaturated/α-hetero) is 2. The van der Waals surface area contributed by atoms with Crippen LogP contribution < -0.4 is 0 Å². The molecule has 0 N–H and O–H groups in total. The number of hydrogen-bond donors (Lipinski definition) is 0. The molecular formula is C17H24O2. The van der Waals surface area contributed by atoms with Crippen LogP contribution >= 0.6 is 0 Å². The Labute approximate surface area is 116 Å². The van der Waals surface area contributed by atoms with Crippen molar-refractivity contribution in [2.75, 3.05) is 0 Å². The molecule has 0 aromatic heterocycles. The minimum Gasteiger partial charge on any atom is -0.299 e. The van der Waals surface area contributed by atoms with Crippen LogP contribution in [0, 0.1) is 5.92 Å². The van der Waals surface area contributed by atoms with E-state index in [1.807, 2.05) is 25.1 Å². The lowest BCUT2D eigenvalue weighted by Gasteiger charge is -2.12. The average Bonchev–Trinajstić information content (AvgIpc) is 2.44. The van der Waals surface area contributed by atoms with Crippen LogP contribution in [0.25, 0.3) is 0 Å². The van der Waals surface area contributed by atoms with Gasteiger partial charge < -0.3 is 0 Å². The number of benzene rings is 1. The number of carbonyl (C=O) groups excluding carboxylic acids is 2. The van der Waals surface area contributed by atoms with Gasteiger partial charge in [0.05, 0.1) is 6.42 Å². The van der Waals surface area contributed by atoms with Gasteiger partial charge in [0, 0.05) is 11.5 Å². The summed E-state index contributed by atoms with van der Waals surface area (Å²) in [7, 11) is 0. The summed E-state index contributed by atoms with van der Waals surface area (Å²) in [4.78, 5) is 24.1. The standard InChI is InChI=1S/C17H24O2/c1-3-5-7-10-14(4-2)16(18)13-17(19)15-11-8-6-9-12-15/h6,8-9,11-12,14H,3-5,7,10,13H2,1-2H3. The third-order valence-electron chi connectivity index (χ3n) is 3.53. The number of carbonyl (C=O) groups is 2. The average molecular weight is 260 g/mol. The van der Waals surface area contributed by atoms with Gasteiger partial charge in [-0.25, -0.2) is 0 Å². The summed E-state index contributed by atoms with van der Waals surface area (Å²) in [5, 5.41) is 0. The molecule has 0 spiro atoms. The zero-order valence-corrected chi connectivity index (χ0v) is 12.0. The lowest BCUT2D eigenvalue weighted by molar-refractivity contribution is -0.122. The zero-order chi connectivity index (χ0) is 14.1. The largest absolute Gasteiger partial charge is 0.299 e. The third-order valence-corrected chi connectivity index (χ3v) is 3.53. The number of unbranched alkanes of at least 4 members (excludes halogenated alkanes) is 2. The molecule has 1 atom stereocenters. The first-order valence-corrected chi connectivity index (χ1v) is 7.30. The van der Waals surface area contributed by atoms with Gasteiger partial charge in [0.25, 0.3) is 0 Å². The Morgan fingerprint density at radius 3 is 2.32 bits per heavy atom. The summed E-state index contributed by atoms with van der Waals surface area (Å²) in [6, 6.07) is 9.08. The summed E-state index contributed by atoms with van der Waals surface area (Å²) in [6.45, 7) is 4.18. The van der Waals surface area contributed by atoms with Gasteiger partial charge in [-0.05, 0) is 12.8 Å². The Morgan fingerprint density at radius 1 is 1.05 bits per heavy atom. The van der Waals surface area contributed by atoms with E-state index in [2.05, 4.69) is 6.92 Å². The molecule has 2 nitrogen and oxygen atoms in total. The fraction of sp³-hybridized carbons (Fsp3) is 0.529. The Balaban J connectivity index is 2.50. The highest BCUT2D eigenvalue weighted by molar-refractivity contribution is 6.08. The topological polar surface area (TPSA) is 34.1 Å². The molecule has 0 saturated carbocycles. The fourth-order valence-electron chi connectivity index (χ4n) is 2.26. The molecule has 0 radical (unpaired) electrons. The summed E-state index contributed by atoms with van der Waals surface area (Å²) >= 11 is 0. The summed E-state index contributed by atoms with van der Waals surface area (Å²) in [6.07, 6.45) is 5.22. The Kier molecular flexibility index (Phi) is 7.09. The number of ketones is 2. The van der Waals surface area contributed by atoms with E-state index in [-0.39, 0.29) is 23.9 Å². The normalized spacial score (nSPS) is 12.1. The van der Waals surface area contributed by atoms with Crippen LogP contribution in [0.5, 0.6) is 0 Å². The molecule has 0 amide bonds. The molecule has 0 aliphatic carbocycles. The molecule has 0 saturated heterocycles. The van der Waals surface area contributed by atoms with Gasteiger partial charge >= 0.3 is 0 Å². The van der Waals surface area contributed by atoms with Crippen molar-refractivity contribution in [3.63, 3.8) is 0 Å². The van der Waals surface area contributed by atoms with Crippen LogP contribution in [0.15, 0.2) is 30.3 Å². The van der Waals surface area contributed by atoms with Crippen LogP contribution in [-0.2, 0) is 4.79 Å². The van der Waals surface area contributed by atoms with Crippen LogP contribution in [-0.4, -0.2) is 11.6 Å². The number of rotatable bonds is 9. The molecule has 0 fully saturated rings.